The monoisotopic (exact) mass is 202 g/mol. The van der Waals surface area contributed by atoms with Gasteiger partial charge in [-0.1, -0.05) is 11.8 Å². The van der Waals surface area contributed by atoms with Gasteiger partial charge in [-0.15, -0.1) is 0 Å². The highest BCUT2D eigenvalue weighted by molar-refractivity contribution is 7.80. The predicted octanol–water partition coefficient (Wildman–Crippen LogP) is 2.23. The standard InChI is InChI=1S/C11H10N2S/c14-8-2-1-3-9-4-6-12-11-10(9)5-7-13-11/h4-7,14H,2,8H2,(H,12,13). The number of pyridine rings is 1. The van der Waals surface area contributed by atoms with Gasteiger partial charge in [0.1, 0.15) is 5.65 Å². The van der Waals surface area contributed by atoms with Crippen LogP contribution in [0.1, 0.15) is 12.0 Å². The van der Waals surface area contributed by atoms with Gasteiger partial charge in [0.05, 0.1) is 0 Å². The normalized spacial score (nSPS) is 9.79. The van der Waals surface area contributed by atoms with Gasteiger partial charge in [-0.2, -0.15) is 12.6 Å². The van der Waals surface area contributed by atoms with E-state index in [9.17, 15) is 0 Å². The van der Waals surface area contributed by atoms with E-state index in [0.29, 0.717) is 0 Å². The minimum Gasteiger partial charge on any atom is -0.346 e. The summed E-state index contributed by atoms with van der Waals surface area (Å²) in [5.41, 5.74) is 1.92. The summed E-state index contributed by atoms with van der Waals surface area (Å²) in [4.78, 5) is 7.25. The molecule has 0 atom stereocenters. The number of H-pyrrole nitrogens is 1. The number of nitrogens with zero attached hydrogens (tertiary/aromatic N) is 1. The lowest BCUT2D eigenvalue weighted by Gasteiger charge is -1.92. The van der Waals surface area contributed by atoms with E-state index in [1.54, 1.807) is 6.20 Å². The molecule has 2 nitrogen and oxygen atoms in total. The first-order chi connectivity index (χ1) is 6.92. The zero-order valence-electron chi connectivity index (χ0n) is 7.62. The quantitative estimate of drug-likeness (QED) is 0.539. The van der Waals surface area contributed by atoms with E-state index in [1.807, 2.05) is 18.3 Å². The van der Waals surface area contributed by atoms with E-state index < -0.39 is 0 Å². The number of fused-ring (bicyclic) bond motifs is 1. The average molecular weight is 202 g/mol. The molecular formula is C11H10N2S. The highest BCUT2D eigenvalue weighted by Crippen LogP contribution is 2.13. The van der Waals surface area contributed by atoms with Gasteiger partial charge < -0.3 is 4.98 Å². The summed E-state index contributed by atoms with van der Waals surface area (Å²) < 4.78 is 0. The summed E-state index contributed by atoms with van der Waals surface area (Å²) in [5, 5.41) is 1.08. The van der Waals surface area contributed by atoms with Gasteiger partial charge >= 0.3 is 0 Å². The lowest BCUT2D eigenvalue weighted by atomic mass is 10.2. The molecule has 1 N–H and O–H groups in total. The number of rotatable bonds is 1. The zero-order chi connectivity index (χ0) is 9.80. The molecule has 0 aromatic carbocycles. The van der Waals surface area contributed by atoms with Crippen LogP contribution in [0, 0.1) is 11.8 Å². The number of nitrogens with one attached hydrogen (secondary N) is 1. The summed E-state index contributed by atoms with van der Waals surface area (Å²) in [6, 6.07) is 3.93. The molecule has 0 unspecified atom stereocenters. The molecule has 2 aromatic heterocycles. The first-order valence-electron chi connectivity index (χ1n) is 4.43. The Morgan fingerprint density at radius 2 is 2.36 bits per heavy atom. The van der Waals surface area contributed by atoms with Crippen LogP contribution in [0.15, 0.2) is 24.5 Å². The van der Waals surface area contributed by atoms with Gasteiger partial charge in [-0.3, -0.25) is 0 Å². The number of thiol groups is 1. The summed E-state index contributed by atoms with van der Waals surface area (Å²) in [5.74, 6) is 6.98. The fourth-order valence-corrected chi connectivity index (χ4v) is 1.40. The predicted molar refractivity (Wildman–Crippen MR) is 61.4 cm³/mol. The molecule has 0 aliphatic rings. The lowest BCUT2D eigenvalue weighted by Crippen LogP contribution is -1.80. The Balaban J connectivity index is 2.43. The van der Waals surface area contributed by atoms with E-state index >= 15 is 0 Å². The van der Waals surface area contributed by atoms with E-state index in [1.165, 1.54) is 0 Å². The summed E-state index contributed by atoms with van der Waals surface area (Å²) in [7, 11) is 0. The Labute approximate surface area is 88.2 Å². The largest absolute Gasteiger partial charge is 0.346 e. The summed E-state index contributed by atoms with van der Waals surface area (Å²) in [6.45, 7) is 0. The van der Waals surface area contributed by atoms with Crippen molar-refractivity contribution < 1.29 is 0 Å². The van der Waals surface area contributed by atoms with Gasteiger partial charge in [0.25, 0.3) is 0 Å². The Kier molecular flexibility index (Phi) is 2.76. The van der Waals surface area contributed by atoms with Gasteiger partial charge in [-0.05, 0) is 12.1 Å². The van der Waals surface area contributed by atoms with Gasteiger partial charge in [0, 0.05) is 35.5 Å². The smallest absolute Gasteiger partial charge is 0.138 e. The van der Waals surface area contributed by atoms with Crippen LogP contribution in [-0.4, -0.2) is 15.7 Å². The molecule has 0 spiro atoms. The van der Waals surface area contributed by atoms with Crippen molar-refractivity contribution in [1.29, 1.82) is 0 Å². The Hall–Kier alpha value is -1.40. The van der Waals surface area contributed by atoms with Crippen molar-refractivity contribution in [3.63, 3.8) is 0 Å². The molecule has 0 amide bonds. The van der Waals surface area contributed by atoms with Gasteiger partial charge in [-0.25, -0.2) is 4.98 Å². The number of hydrogen-bond acceptors (Lipinski definition) is 2. The van der Waals surface area contributed by atoms with Crippen molar-refractivity contribution in [3.8, 4) is 11.8 Å². The molecule has 0 saturated heterocycles. The van der Waals surface area contributed by atoms with Crippen molar-refractivity contribution in [2.45, 2.75) is 6.42 Å². The second-order valence-corrected chi connectivity index (χ2v) is 3.32. The van der Waals surface area contributed by atoms with Crippen molar-refractivity contribution in [3.05, 3.63) is 30.1 Å². The molecule has 14 heavy (non-hydrogen) atoms. The van der Waals surface area contributed by atoms with Crippen LogP contribution in [0.2, 0.25) is 0 Å². The molecule has 0 saturated carbocycles. The van der Waals surface area contributed by atoms with Crippen molar-refractivity contribution in [2.75, 3.05) is 5.75 Å². The maximum absolute atomic E-state index is 4.19. The van der Waals surface area contributed by atoms with Crippen LogP contribution >= 0.6 is 12.6 Å². The first kappa shape index (κ1) is 9.17. The van der Waals surface area contributed by atoms with Crippen LogP contribution in [0.3, 0.4) is 0 Å². The molecule has 2 aromatic rings. The third-order valence-corrected chi connectivity index (χ3v) is 2.14. The van der Waals surface area contributed by atoms with E-state index in [4.69, 9.17) is 0 Å². The molecule has 0 aliphatic heterocycles. The average Bonchev–Trinajstić information content (AvgIpc) is 2.67. The van der Waals surface area contributed by atoms with Crippen LogP contribution in [0.4, 0.5) is 0 Å². The Morgan fingerprint density at radius 3 is 3.21 bits per heavy atom. The van der Waals surface area contributed by atoms with Crippen LogP contribution in [0.25, 0.3) is 11.0 Å². The van der Waals surface area contributed by atoms with Crippen molar-refractivity contribution in [2.24, 2.45) is 0 Å². The molecule has 3 heteroatoms. The first-order valence-corrected chi connectivity index (χ1v) is 5.07. The van der Waals surface area contributed by atoms with Crippen LogP contribution < -0.4 is 0 Å². The Bertz CT molecular complexity index is 490. The number of hydrogen-bond donors (Lipinski definition) is 2. The fourth-order valence-electron chi connectivity index (χ4n) is 1.28. The van der Waals surface area contributed by atoms with Crippen LogP contribution in [-0.2, 0) is 0 Å². The van der Waals surface area contributed by atoms with Gasteiger partial charge in [0.2, 0.25) is 0 Å². The second kappa shape index (κ2) is 4.21. The fraction of sp³-hybridized carbons (Fsp3) is 0.182. The molecule has 70 valence electrons. The maximum Gasteiger partial charge on any atom is 0.138 e. The molecule has 2 heterocycles. The number of aromatic amines is 1. The van der Waals surface area contributed by atoms with Crippen molar-refractivity contribution >= 4 is 23.7 Å². The highest BCUT2D eigenvalue weighted by Gasteiger charge is 1.98. The SMILES string of the molecule is SCCC#Cc1ccnc2[nH]ccc12. The molecule has 0 fully saturated rings. The zero-order valence-corrected chi connectivity index (χ0v) is 8.51. The van der Waals surface area contributed by atoms with Gasteiger partial charge in [0.15, 0.2) is 0 Å². The van der Waals surface area contributed by atoms with Crippen LogP contribution in [0.5, 0.6) is 0 Å². The lowest BCUT2D eigenvalue weighted by molar-refractivity contribution is 1.30. The van der Waals surface area contributed by atoms with Crippen molar-refractivity contribution in [1.82, 2.24) is 9.97 Å². The number of aromatic nitrogens is 2. The maximum atomic E-state index is 4.19. The topological polar surface area (TPSA) is 28.7 Å². The summed E-state index contributed by atoms with van der Waals surface area (Å²) in [6.07, 6.45) is 4.46. The van der Waals surface area contributed by atoms with E-state index in [2.05, 4.69) is 34.4 Å². The minimum atomic E-state index is 0.800. The summed E-state index contributed by atoms with van der Waals surface area (Å²) >= 11 is 4.11. The molecule has 0 aliphatic carbocycles. The molecule has 2 rings (SSSR count). The second-order valence-electron chi connectivity index (χ2n) is 2.87. The third-order valence-electron chi connectivity index (χ3n) is 1.92. The van der Waals surface area contributed by atoms with E-state index in [0.717, 1.165) is 28.8 Å². The highest BCUT2D eigenvalue weighted by atomic mass is 32.1. The minimum absolute atomic E-state index is 0.800. The van der Waals surface area contributed by atoms with E-state index in [-0.39, 0.29) is 0 Å². The molecule has 0 bridgehead atoms. The third kappa shape index (κ3) is 1.75. The molecular weight excluding hydrogens is 192 g/mol. The Morgan fingerprint density at radius 1 is 1.43 bits per heavy atom. The molecule has 0 radical (unpaired) electrons.